The highest BCUT2D eigenvalue weighted by Crippen LogP contribution is 2.34. The van der Waals surface area contributed by atoms with Crippen LogP contribution in [0, 0.1) is 17.6 Å². The van der Waals surface area contributed by atoms with Crippen molar-refractivity contribution in [2.75, 3.05) is 7.11 Å². The lowest BCUT2D eigenvalue weighted by Crippen LogP contribution is -2.10. The van der Waals surface area contributed by atoms with Gasteiger partial charge in [0, 0.05) is 5.56 Å². The van der Waals surface area contributed by atoms with Gasteiger partial charge in [-0.2, -0.15) is 14.9 Å². The molecule has 1 aromatic heterocycles. The van der Waals surface area contributed by atoms with Gasteiger partial charge >= 0.3 is 5.97 Å². The van der Waals surface area contributed by atoms with E-state index in [1.807, 2.05) is 31.2 Å². The summed E-state index contributed by atoms with van der Waals surface area (Å²) < 4.78 is 12.7. The van der Waals surface area contributed by atoms with Crippen LogP contribution < -0.4 is 9.47 Å². The van der Waals surface area contributed by atoms with Crippen molar-refractivity contribution >= 4 is 24.4 Å². The molecule has 3 aromatic rings. The summed E-state index contributed by atoms with van der Waals surface area (Å²) in [5.74, 6) is 1.30. The van der Waals surface area contributed by atoms with Crippen LogP contribution in [0.1, 0.15) is 24.0 Å². The van der Waals surface area contributed by atoms with Gasteiger partial charge in [-0.05, 0) is 55.7 Å². The highest BCUT2D eigenvalue weighted by Gasteiger charge is 2.32. The molecule has 1 fully saturated rings. The first kappa shape index (κ1) is 19.1. The van der Waals surface area contributed by atoms with Gasteiger partial charge in [0.2, 0.25) is 4.77 Å². The summed E-state index contributed by atoms with van der Waals surface area (Å²) >= 11 is 5.31. The van der Waals surface area contributed by atoms with Gasteiger partial charge in [-0.25, -0.2) is 5.10 Å². The molecule has 148 valence electrons. The Bertz CT molecular complexity index is 1130. The van der Waals surface area contributed by atoms with Crippen molar-refractivity contribution in [2.45, 2.75) is 19.8 Å². The first-order valence-electron chi connectivity index (χ1n) is 9.23. The number of hydrogen-bond donors (Lipinski definition) is 1. The third-order valence-corrected chi connectivity index (χ3v) is 4.86. The zero-order valence-electron chi connectivity index (χ0n) is 16.1. The van der Waals surface area contributed by atoms with Crippen molar-refractivity contribution in [3.63, 3.8) is 0 Å². The molecule has 4 rings (SSSR count). The Balaban J connectivity index is 1.59. The summed E-state index contributed by atoms with van der Waals surface area (Å²) in [7, 11) is 1.53. The van der Waals surface area contributed by atoms with Crippen molar-refractivity contribution in [1.29, 1.82) is 0 Å². The van der Waals surface area contributed by atoms with Crippen molar-refractivity contribution in [1.82, 2.24) is 14.9 Å². The van der Waals surface area contributed by atoms with Crippen molar-refractivity contribution in [3.05, 3.63) is 58.4 Å². The van der Waals surface area contributed by atoms with Crippen molar-refractivity contribution in [3.8, 4) is 22.9 Å². The van der Waals surface area contributed by atoms with E-state index in [0.717, 1.165) is 29.5 Å². The number of H-pyrrole nitrogens is 1. The summed E-state index contributed by atoms with van der Waals surface area (Å²) in [5.41, 5.74) is 2.83. The van der Waals surface area contributed by atoms with E-state index in [-0.39, 0.29) is 11.9 Å². The number of rotatable bonds is 6. The van der Waals surface area contributed by atoms with Crippen LogP contribution in [-0.4, -0.2) is 34.2 Å². The second-order valence-corrected chi connectivity index (χ2v) is 7.27. The Morgan fingerprint density at radius 3 is 2.69 bits per heavy atom. The van der Waals surface area contributed by atoms with Crippen LogP contribution >= 0.6 is 12.2 Å². The highest BCUT2D eigenvalue weighted by molar-refractivity contribution is 7.71. The fourth-order valence-electron chi connectivity index (χ4n) is 2.77. The normalized spacial score (nSPS) is 13.6. The van der Waals surface area contributed by atoms with Crippen LogP contribution in [-0.2, 0) is 4.79 Å². The third kappa shape index (κ3) is 4.27. The maximum atomic E-state index is 11.9. The van der Waals surface area contributed by atoms with E-state index in [4.69, 9.17) is 21.7 Å². The number of benzene rings is 2. The molecule has 1 aliphatic carbocycles. The number of ether oxygens (including phenoxy) is 2. The van der Waals surface area contributed by atoms with Crippen molar-refractivity contribution < 1.29 is 14.3 Å². The standard InChI is InChI=1S/C21H20N4O3S/c1-13-3-6-15(7-4-13)19-23-24-21(29)25(19)22-12-14-5-10-17(18(11-14)27-2)28-20(26)16-8-9-16/h3-7,10-12,16H,8-9H2,1-2H3,(H,24,29)/b22-12-. The van der Waals surface area contributed by atoms with Gasteiger partial charge in [0.1, 0.15) is 0 Å². The third-order valence-electron chi connectivity index (χ3n) is 4.59. The van der Waals surface area contributed by atoms with E-state index in [9.17, 15) is 4.79 Å². The minimum atomic E-state index is -0.211. The van der Waals surface area contributed by atoms with Gasteiger partial charge in [0.05, 0.1) is 19.2 Å². The minimum absolute atomic E-state index is 0.0177. The zero-order chi connectivity index (χ0) is 20.4. The predicted octanol–water partition coefficient (Wildman–Crippen LogP) is 4.12. The quantitative estimate of drug-likeness (QED) is 0.287. The van der Waals surface area contributed by atoms with E-state index in [2.05, 4.69) is 15.3 Å². The monoisotopic (exact) mass is 408 g/mol. The number of nitrogens with zero attached hydrogens (tertiary/aromatic N) is 3. The molecule has 0 aliphatic heterocycles. The first-order chi connectivity index (χ1) is 14.0. The van der Waals surface area contributed by atoms with E-state index in [0.29, 0.717) is 22.1 Å². The van der Waals surface area contributed by atoms with Gasteiger partial charge in [0.25, 0.3) is 0 Å². The van der Waals surface area contributed by atoms with Crippen LogP contribution in [0.5, 0.6) is 11.5 Å². The molecule has 2 aromatic carbocycles. The second-order valence-electron chi connectivity index (χ2n) is 6.88. The van der Waals surface area contributed by atoms with Crippen LogP contribution in [0.3, 0.4) is 0 Å². The smallest absolute Gasteiger partial charge is 0.314 e. The highest BCUT2D eigenvalue weighted by atomic mass is 32.1. The largest absolute Gasteiger partial charge is 0.493 e. The Morgan fingerprint density at radius 2 is 2.00 bits per heavy atom. The number of aromatic amines is 1. The Hall–Kier alpha value is -3.26. The average Bonchev–Trinajstić information content (AvgIpc) is 3.51. The Labute approximate surface area is 173 Å². The SMILES string of the molecule is COc1cc(/C=N\n2c(-c3ccc(C)cc3)n[nH]c2=S)ccc1OC(=O)C1CC1. The van der Waals surface area contributed by atoms with Gasteiger partial charge in [-0.1, -0.05) is 29.8 Å². The molecular formula is C21H20N4O3S. The molecule has 7 nitrogen and oxygen atoms in total. The van der Waals surface area contributed by atoms with Gasteiger partial charge in [-0.15, -0.1) is 0 Å². The molecule has 1 heterocycles. The molecule has 1 saturated carbocycles. The summed E-state index contributed by atoms with van der Waals surface area (Å²) in [6.07, 6.45) is 3.43. The minimum Gasteiger partial charge on any atom is -0.493 e. The zero-order valence-corrected chi connectivity index (χ0v) is 16.9. The molecule has 8 heteroatoms. The van der Waals surface area contributed by atoms with E-state index >= 15 is 0 Å². The Morgan fingerprint density at radius 1 is 1.24 bits per heavy atom. The number of methoxy groups -OCH3 is 1. The summed E-state index contributed by atoms with van der Waals surface area (Å²) in [4.78, 5) is 11.9. The maximum Gasteiger partial charge on any atom is 0.314 e. The lowest BCUT2D eigenvalue weighted by atomic mass is 10.1. The van der Waals surface area contributed by atoms with Crippen LogP contribution in [0.4, 0.5) is 0 Å². The fraction of sp³-hybridized carbons (Fsp3) is 0.238. The topological polar surface area (TPSA) is 81.5 Å². The molecule has 0 amide bonds. The van der Waals surface area contributed by atoms with Gasteiger partial charge in [0.15, 0.2) is 17.3 Å². The molecule has 1 N–H and O–H groups in total. The number of aromatic nitrogens is 3. The fourth-order valence-corrected chi connectivity index (χ4v) is 2.95. The van der Waals surface area contributed by atoms with Crippen LogP contribution in [0.25, 0.3) is 11.4 Å². The molecule has 0 radical (unpaired) electrons. The number of hydrogen-bond acceptors (Lipinski definition) is 6. The van der Waals surface area contributed by atoms with E-state index in [1.165, 1.54) is 7.11 Å². The van der Waals surface area contributed by atoms with Crippen LogP contribution in [0.15, 0.2) is 47.6 Å². The predicted molar refractivity (Wildman–Crippen MR) is 112 cm³/mol. The number of esters is 1. The van der Waals surface area contributed by atoms with E-state index in [1.54, 1.807) is 29.1 Å². The molecule has 1 aliphatic rings. The van der Waals surface area contributed by atoms with Crippen molar-refractivity contribution in [2.24, 2.45) is 11.0 Å². The molecule has 0 saturated heterocycles. The van der Waals surface area contributed by atoms with Gasteiger partial charge in [-0.3, -0.25) is 4.79 Å². The summed E-state index contributed by atoms with van der Waals surface area (Å²) in [6.45, 7) is 2.03. The lowest BCUT2D eigenvalue weighted by molar-refractivity contribution is -0.135. The summed E-state index contributed by atoms with van der Waals surface area (Å²) in [5, 5.41) is 11.5. The number of carbonyl (C=O) groups excluding carboxylic acids is 1. The summed E-state index contributed by atoms with van der Waals surface area (Å²) in [6, 6.07) is 13.2. The Kier molecular flexibility index (Phi) is 5.26. The second kappa shape index (κ2) is 8.00. The maximum absolute atomic E-state index is 11.9. The molecular weight excluding hydrogens is 388 g/mol. The van der Waals surface area contributed by atoms with Crippen LogP contribution in [0.2, 0.25) is 0 Å². The molecule has 29 heavy (non-hydrogen) atoms. The molecule has 0 unspecified atom stereocenters. The molecule has 0 bridgehead atoms. The van der Waals surface area contributed by atoms with Gasteiger partial charge < -0.3 is 9.47 Å². The molecule has 0 spiro atoms. The first-order valence-corrected chi connectivity index (χ1v) is 9.64. The number of nitrogens with one attached hydrogen (secondary N) is 1. The number of carbonyl (C=O) groups is 1. The average molecular weight is 408 g/mol. The lowest BCUT2D eigenvalue weighted by Gasteiger charge is -2.09. The van der Waals surface area contributed by atoms with E-state index < -0.39 is 0 Å². The molecule has 0 atom stereocenters. The number of aryl methyl sites for hydroxylation is 1.